The molecule has 0 aliphatic heterocycles. The topological polar surface area (TPSA) is 39.9 Å². The Morgan fingerprint density at radius 3 is 2.83 bits per heavy atom. The lowest BCUT2D eigenvalue weighted by Crippen LogP contribution is -1.99. The van der Waals surface area contributed by atoms with Crippen LogP contribution in [0, 0.1) is 0 Å². The molecule has 0 unspecified atom stereocenters. The molecule has 0 bridgehead atoms. The molecule has 2 aromatic heterocycles. The molecule has 3 aromatic rings. The van der Waals surface area contributed by atoms with Crippen LogP contribution in [0.3, 0.4) is 0 Å². The van der Waals surface area contributed by atoms with Gasteiger partial charge in [0.15, 0.2) is 0 Å². The van der Waals surface area contributed by atoms with Crippen molar-refractivity contribution in [3.63, 3.8) is 0 Å². The van der Waals surface area contributed by atoms with Gasteiger partial charge >= 0.3 is 0 Å². The number of hydrogen-bond donors (Lipinski definition) is 0. The Hall–Kier alpha value is -2.40. The molecular formula is C17H15ClFN3O. The van der Waals surface area contributed by atoms with Gasteiger partial charge in [-0.1, -0.05) is 23.7 Å². The molecule has 2 heterocycles. The van der Waals surface area contributed by atoms with Gasteiger partial charge in [-0.15, -0.1) is 0 Å². The molecule has 0 aliphatic carbocycles. The molecule has 6 heteroatoms. The van der Waals surface area contributed by atoms with Crippen molar-refractivity contribution in [2.75, 3.05) is 6.86 Å². The summed E-state index contributed by atoms with van der Waals surface area (Å²) in [5, 5.41) is 4.74. The molecule has 0 aliphatic rings. The molecule has 118 valence electrons. The molecular weight excluding hydrogens is 317 g/mol. The van der Waals surface area contributed by atoms with E-state index in [2.05, 4.69) is 10.1 Å². The Morgan fingerprint density at radius 2 is 2.13 bits per heavy atom. The molecule has 0 atom stereocenters. The number of rotatable bonds is 5. The molecule has 23 heavy (non-hydrogen) atoms. The number of ether oxygens (including phenoxy) is 1. The Balaban J connectivity index is 1.99. The summed E-state index contributed by atoms with van der Waals surface area (Å²) in [4.78, 5) is 4.62. The molecule has 0 spiro atoms. The van der Waals surface area contributed by atoms with Crippen molar-refractivity contribution in [2.24, 2.45) is 7.05 Å². The zero-order chi connectivity index (χ0) is 16.2. The average molecular weight is 332 g/mol. The Morgan fingerprint density at radius 1 is 1.26 bits per heavy atom. The fourth-order valence-electron chi connectivity index (χ4n) is 2.38. The summed E-state index contributed by atoms with van der Waals surface area (Å²) in [6, 6.07) is 10.8. The van der Waals surface area contributed by atoms with Gasteiger partial charge in [0.2, 0.25) is 6.86 Å². The van der Waals surface area contributed by atoms with Crippen molar-refractivity contribution in [3.05, 3.63) is 65.1 Å². The standard InChI is InChI=1S/C17H15ClFN3O/c1-22-10-12(9-20-22)7-15-5-6-16(23-11-19)17(21-15)13-3-2-4-14(18)8-13/h2-6,8-10H,7,11H2,1H3. The highest BCUT2D eigenvalue weighted by molar-refractivity contribution is 6.30. The third-order valence-electron chi connectivity index (χ3n) is 3.37. The SMILES string of the molecule is Cn1cc(Cc2ccc(OCF)c(-c3cccc(Cl)c3)n2)cn1. The van der Waals surface area contributed by atoms with Crippen molar-refractivity contribution < 1.29 is 9.13 Å². The first-order valence-corrected chi connectivity index (χ1v) is 7.45. The van der Waals surface area contributed by atoms with E-state index in [1.54, 1.807) is 29.1 Å². The number of halogens is 2. The number of alkyl halides is 1. The van der Waals surface area contributed by atoms with E-state index in [-0.39, 0.29) is 0 Å². The summed E-state index contributed by atoms with van der Waals surface area (Å²) >= 11 is 6.04. The van der Waals surface area contributed by atoms with Crippen molar-refractivity contribution in [1.82, 2.24) is 14.8 Å². The summed E-state index contributed by atoms with van der Waals surface area (Å²) in [5.74, 6) is 0.393. The zero-order valence-corrected chi connectivity index (χ0v) is 13.3. The number of hydrogen-bond acceptors (Lipinski definition) is 3. The number of nitrogens with zero attached hydrogens (tertiary/aromatic N) is 3. The number of aryl methyl sites for hydroxylation is 1. The Bertz CT molecular complexity index is 819. The maximum absolute atomic E-state index is 12.6. The van der Waals surface area contributed by atoms with Crippen molar-refractivity contribution in [3.8, 4) is 17.0 Å². The van der Waals surface area contributed by atoms with Gasteiger partial charge in [0.05, 0.1) is 6.20 Å². The minimum atomic E-state index is -0.906. The van der Waals surface area contributed by atoms with E-state index in [1.165, 1.54) is 0 Å². The van der Waals surface area contributed by atoms with Crippen molar-refractivity contribution >= 4 is 11.6 Å². The van der Waals surface area contributed by atoms with E-state index in [0.29, 0.717) is 22.9 Å². The highest BCUT2D eigenvalue weighted by Crippen LogP contribution is 2.30. The summed E-state index contributed by atoms with van der Waals surface area (Å²) in [5.41, 5.74) is 3.26. The predicted octanol–water partition coefficient (Wildman–Crippen LogP) is 4.03. The minimum Gasteiger partial charge on any atom is -0.461 e. The monoisotopic (exact) mass is 331 g/mol. The molecule has 0 fully saturated rings. The van der Waals surface area contributed by atoms with Crippen LogP contribution in [0.25, 0.3) is 11.3 Å². The van der Waals surface area contributed by atoms with Gasteiger partial charge in [0.25, 0.3) is 0 Å². The number of benzene rings is 1. The molecule has 0 saturated heterocycles. The van der Waals surface area contributed by atoms with Crippen LogP contribution in [0.4, 0.5) is 4.39 Å². The van der Waals surface area contributed by atoms with E-state index in [9.17, 15) is 4.39 Å². The largest absolute Gasteiger partial charge is 0.461 e. The second-order valence-corrected chi connectivity index (χ2v) is 5.55. The van der Waals surface area contributed by atoms with E-state index in [4.69, 9.17) is 16.3 Å². The van der Waals surface area contributed by atoms with Crippen LogP contribution in [-0.4, -0.2) is 21.6 Å². The molecule has 4 nitrogen and oxygen atoms in total. The van der Waals surface area contributed by atoms with E-state index in [0.717, 1.165) is 16.8 Å². The summed E-state index contributed by atoms with van der Waals surface area (Å²) < 4.78 is 19.4. The van der Waals surface area contributed by atoms with E-state index < -0.39 is 6.86 Å². The van der Waals surface area contributed by atoms with Crippen LogP contribution in [0.15, 0.2) is 48.8 Å². The average Bonchev–Trinajstić information content (AvgIpc) is 2.94. The van der Waals surface area contributed by atoms with Gasteiger partial charge < -0.3 is 4.74 Å². The molecule has 1 aromatic carbocycles. The highest BCUT2D eigenvalue weighted by Gasteiger charge is 2.11. The van der Waals surface area contributed by atoms with Crippen LogP contribution in [0.1, 0.15) is 11.3 Å². The van der Waals surface area contributed by atoms with Gasteiger partial charge in [0.1, 0.15) is 11.4 Å². The molecule has 0 radical (unpaired) electrons. The Labute approximate surface area is 138 Å². The lowest BCUT2D eigenvalue weighted by Gasteiger charge is -2.10. The van der Waals surface area contributed by atoms with Crippen LogP contribution in [-0.2, 0) is 13.5 Å². The van der Waals surface area contributed by atoms with E-state index >= 15 is 0 Å². The molecule has 0 saturated carbocycles. The fourth-order valence-corrected chi connectivity index (χ4v) is 2.57. The van der Waals surface area contributed by atoms with E-state index in [1.807, 2.05) is 31.4 Å². The van der Waals surface area contributed by atoms with Crippen LogP contribution >= 0.6 is 11.6 Å². The maximum Gasteiger partial charge on any atom is 0.228 e. The maximum atomic E-state index is 12.6. The van der Waals surface area contributed by atoms with Gasteiger partial charge in [0, 0.05) is 35.9 Å². The quantitative estimate of drug-likeness (QED) is 0.708. The van der Waals surface area contributed by atoms with Gasteiger partial charge in [-0.3, -0.25) is 4.68 Å². The van der Waals surface area contributed by atoms with Gasteiger partial charge in [-0.05, 0) is 29.8 Å². The lowest BCUT2D eigenvalue weighted by molar-refractivity contribution is 0.192. The lowest BCUT2D eigenvalue weighted by atomic mass is 10.1. The number of pyridine rings is 1. The third kappa shape index (κ3) is 3.68. The molecule has 0 N–H and O–H groups in total. The van der Waals surface area contributed by atoms with Gasteiger partial charge in [-0.2, -0.15) is 5.10 Å². The smallest absolute Gasteiger partial charge is 0.228 e. The molecule has 3 rings (SSSR count). The molecule has 0 amide bonds. The first kappa shape index (κ1) is 15.5. The van der Waals surface area contributed by atoms with Crippen LogP contribution in [0.5, 0.6) is 5.75 Å². The zero-order valence-electron chi connectivity index (χ0n) is 12.5. The second-order valence-electron chi connectivity index (χ2n) is 5.11. The van der Waals surface area contributed by atoms with Crippen LogP contribution < -0.4 is 4.74 Å². The highest BCUT2D eigenvalue weighted by atomic mass is 35.5. The number of aromatic nitrogens is 3. The minimum absolute atomic E-state index is 0.393. The Kier molecular flexibility index (Phi) is 4.57. The first-order valence-electron chi connectivity index (χ1n) is 7.08. The van der Waals surface area contributed by atoms with Crippen molar-refractivity contribution in [1.29, 1.82) is 0 Å². The predicted molar refractivity (Wildman–Crippen MR) is 87.3 cm³/mol. The summed E-state index contributed by atoms with van der Waals surface area (Å²) in [6.07, 6.45) is 4.37. The normalized spacial score (nSPS) is 10.7. The summed E-state index contributed by atoms with van der Waals surface area (Å²) in [7, 11) is 1.87. The fraction of sp³-hybridized carbons (Fsp3) is 0.176. The van der Waals surface area contributed by atoms with Crippen LogP contribution in [0.2, 0.25) is 5.02 Å². The third-order valence-corrected chi connectivity index (χ3v) is 3.60. The summed E-state index contributed by atoms with van der Waals surface area (Å²) in [6.45, 7) is -0.906. The second kappa shape index (κ2) is 6.79. The van der Waals surface area contributed by atoms with Gasteiger partial charge in [-0.25, -0.2) is 9.37 Å². The first-order chi connectivity index (χ1) is 11.2. The van der Waals surface area contributed by atoms with Crippen molar-refractivity contribution in [2.45, 2.75) is 6.42 Å².